The lowest BCUT2D eigenvalue weighted by atomic mass is 9.71. The molecule has 1 aliphatic carbocycles. The third-order valence-electron chi connectivity index (χ3n) is 9.33. The Kier molecular flexibility index (Phi) is 9.44. The minimum atomic E-state index is -1.14. The molecule has 5 rings (SSSR count). The Morgan fingerprint density at radius 2 is 1.58 bits per heavy atom. The number of hydrogen-bond acceptors (Lipinski definition) is 7. The molecule has 0 N–H and O–H groups in total. The maximum absolute atomic E-state index is 13.5. The molecular weight excluding hydrogens is 570 g/mol. The van der Waals surface area contributed by atoms with Crippen molar-refractivity contribution in [1.29, 1.82) is 0 Å². The molecule has 3 aromatic rings. The van der Waals surface area contributed by atoms with Gasteiger partial charge in [-0.1, -0.05) is 73.7 Å². The first-order valence-corrected chi connectivity index (χ1v) is 15.7. The van der Waals surface area contributed by atoms with E-state index in [0.717, 1.165) is 36.0 Å². The van der Waals surface area contributed by atoms with E-state index < -0.39 is 34.6 Å². The van der Waals surface area contributed by atoms with Crippen molar-refractivity contribution in [2.45, 2.75) is 83.7 Å². The normalized spacial score (nSPS) is 24.3. The summed E-state index contributed by atoms with van der Waals surface area (Å²) in [6.45, 7) is 7.42. The second kappa shape index (κ2) is 13.1. The van der Waals surface area contributed by atoms with E-state index in [1.807, 2.05) is 82.3 Å². The van der Waals surface area contributed by atoms with Crippen LogP contribution in [0.5, 0.6) is 11.5 Å². The van der Waals surface area contributed by atoms with Crippen LogP contribution < -0.4 is 9.47 Å². The van der Waals surface area contributed by atoms with Gasteiger partial charge in [-0.2, -0.15) is 0 Å². The monoisotopic (exact) mass is 615 g/mol. The number of hydrogen-bond donors (Lipinski definition) is 0. The molecule has 1 unspecified atom stereocenters. The zero-order valence-electron chi connectivity index (χ0n) is 27.2. The lowest BCUT2D eigenvalue weighted by molar-refractivity contribution is -0.775. The Morgan fingerprint density at radius 1 is 0.956 bits per heavy atom. The summed E-state index contributed by atoms with van der Waals surface area (Å²) in [6, 6.07) is 26.4. The van der Waals surface area contributed by atoms with E-state index >= 15 is 0 Å². The zero-order chi connectivity index (χ0) is 32.2. The van der Waals surface area contributed by atoms with Gasteiger partial charge in [0.2, 0.25) is 12.5 Å². The van der Waals surface area contributed by atoms with Crippen molar-refractivity contribution >= 4 is 12.2 Å². The van der Waals surface area contributed by atoms with Crippen LogP contribution in [0.1, 0.15) is 70.1 Å². The predicted molar refractivity (Wildman–Crippen MR) is 172 cm³/mol. The van der Waals surface area contributed by atoms with Gasteiger partial charge < -0.3 is 23.8 Å². The molecule has 2 aliphatic rings. The number of ether oxygens (including phenoxy) is 4. The second-order valence-corrected chi connectivity index (χ2v) is 13.1. The maximum atomic E-state index is 13.5. The Morgan fingerprint density at radius 3 is 2.13 bits per heavy atom. The Balaban J connectivity index is 1.58. The number of carbonyl (C=O) groups is 1. The van der Waals surface area contributed by atoms with E-state index in [1.54, 1.807) is 14.2 Å². The summed E-state index contributed by atoms with van der Waals surface area (Å²) in [7, 11) is 3.17. The summed E-state index contributed by atoms with van der Waals surface area (Å²) in [5, 5.41) is 13.3. The van der Waals surface area contributed by atoms with Crippen molar-refractivity contribution in [2.75, 3.05) is 14.2 Å². The van der Waals surface area contributed by atoms with Gasteiger partial charge in [0.25, 0.3) is 0 Å². The number of benzene rings is 3. The van der Waals surface area contributed by atoms with Gasteiger partial charge in [-0.25, -0.2) is 0 Å². The molecule has 1 saturated carbocycles. The van der Waals surface area contributed by atoms with Crippen LogP contribution in [-0.4, -0.2) is 49.8 Å². The van der Waals surface area contributed by atoms with Crippen LogP contribution in [0.15, 0.2) is 78.9 Å². The highest BCUT2D eigenvalue weighted by atomic mass is 16.9. The fraction of sp³-hybridized carbons (Fsp3) is 0.459. The third-order valence-corrected chi connectivity index (χ3v) is 9.33. The minimum Gasteiger partial charge on any atom is -0.493 e. The van der Waals surface area contributed by atoms with Crippen molar-refractivity contribution < 1.29 is 33.5 Å². The molecule has 1 aliphatic heterocycles. The molecule has 1 heterocycles. The van der Waals surface area contributed by atoms with Crippen molar-refractivity contribution in [2.24, 2.45) is 10.8 Å². The number of rotatable bonds is 10. The topological polar surface area (TPSA) is 89.3 Å². The van der Waals surface area contributed by atoms with Crippen molar-refractivity contribution in [3.8, 4) is 11.5 Å². The van der Waals surface area contributed by atoms with Crippen LogP contribution >= 0.6 is 0 Å². The predicted octanol–water partition coefficient (Wildman–Crippen LogP) is 7.01. The molecule has 0 amide bonds. The van der Waals surface area contributed by atoms with E-state index in [1.165, 1.54) is 6.21 Å². The molecule has 240 valence electrons. The second-order valence-electron chi connectivity index (χ2n) is 13.1. The Bertz CT molecular complexity index is 1440. The average Bonchev–Trinajstić information content (AvgIpc) is 3.47. The maximum Gasteiger partial charge on any atom is 0.311 e. The summed E-state index contributed by atoms with van der Waals surface area (Å²) in [5.41, 5.74) is 0.961. The summed E-state index contributed by atoms with van der Waals surface area (Å²) in [4.78, 5) is 19.9. The zero-order valence-corrected chi connectivity index (χ0v) is 27.2. The van der Waals surface area contributed by atoms with E-state index in [4.69, 9.17) is 23.8 Å². The van der Waals surface area contributed by atoms with Gasteiger partial charge in [-0.15, -0.1) is 0 Å². The Hall–Kier alpha value is -4.04. The average molecular weight is 616 g/mol. The van der Waals surface area contributed by atoms with Crippen LogP contribution in [0.3, 0.4) is 0 Å². The van der Waals surface area contributed by atoms with E-state index in [0.29, 0.717) is 29.2 Å². The first kappa shape index (κ1) is 32.4. The molecule has 0 spiro atoms. The van der Waals surface area contributed by atoms with Crippen LogP contribution in [0.4, 0.5) is 0 Å². The van der Waals surface area contributed by atoms with Gasteiger partial charge in [0, 0.05) is 10.3 Å². The Labute approximate surface area is 266 Å². The SMILES string of the molecule is CC[C@]1(Cc2ccc(OC)c(OC)c2)C=[N+]([O-])O[C@H](OC2CCCC2(c2ccccc2)c2ccccc2)[C@@H]1OC(=O)C(C)(C)C. The lowest BCUT2D eigenvalue weighted by Gasteiger charge is -2.46. The van der Waals surface area contributed by atoms with E-state index in [-0.39, 0.29) is 6.10 Å². The van der Waals surface area contributed by atoms with E-state index in [2.05, 4.69) is 24.3 Å². The number of nitrogens with zero attached hydrogens (tertiary/aromatic N) is 1. The fourth-order valence-electron chi connectivity index (χ4n) is 6.86. The highest BCUT2D eigenvalue weighted by Gasteiger charge is 2.55. The standard InChI is InChI=1S/C37H45NO7/c1-7-36(24-26-20-21-29(41-5)30(23-26)42-6)25-38(40)45-33(32(36)44-34(39)35(2,3)4)43-31-19-14-22-37(31,27-15-10-8-11-16-27)28-17-12-9-13-18-28/h8-13,15-18,20-21,23,25,31-33H,7,14,19,22,24H2,1-6H3/t31?,32-,33-,36-/m0/s1. The number of esters is 1. The summed E-state index contributed by atoms with van der Waals surface area (Å²) in [6.07, 6.45) is 2.49. The summed E-state index contributed by atoms with van der Waals surface area (Å²) >= 11 is 0. The molecular formula is C37H45NO7. The van der Waals surface area contributed by atoms with Gasteiger partial charge in [0.05, 0.1) is 31.2 Å². The first-order chi connectivity index (χ1) is 21.6. The molecule has 0 radical (unpaired) electrons. The molecule has 1 fully saturated rings. The lowest BCUT2D eigenvalue weighted by Crippen LogP contribution is -2.58. The molecule has 8 nitrogen and oxygen atoms in total. The van der Waals surface area contributed by atoms with Crippen LogP contribution in [0, 0.1) is 16.0 Å². The van der Waals surface area contributed by atoms with Gasteiger partial charge in [-0.05, 0) is 81.7 Å². The minimum absolute atomic E-state index is 0.342. The van der Waals surface area contributed by atoms with Crippen LogP contribution in [0.25, 0.3) is 0 Å². The summed E-state index contributed by atoms with van der Waals surface area (Å²) in [5.74, 6) is 0.778. The quantitative estimate of drug-likeness (QED) is 0.179. The first-order valence-electron chi connectivity index (χ1n) is 15.7. The largest absolute Gasteiger partial charge is 0.493 e. The van der Waals surface area contributed by atoms with Gasteiger partial charge in [0.1, 0.15) is 0 Å². The van der Waals surface area contributed by atoms with Gasteiger partial charge in [-0.3, -0.25) is 10.0 Å². The summed E-state index contributed by atoms with van der Waals surface area (Å²) < 4.78 is 24.3. The molecule has 45 heavy (non-hydrogen) atoms. The van der Waals surface area contributed by atoms with Crippen LogP contribution in [-0.2, 0) is 30.9 Å². The number of carbonyl (C=O) groups excluding carboxylic acids is 1. The van der Waals surface area contributed by atoms with Crippen molar-refractivity contribution in [3.63, 3.8) is 0 Å². The third kappa shape index (κ3) is 6.39. The number of methoxy groups -OCH3 is 2. The van der Waals surface area contributed by atoms with Crippen LogP contribution in [0.2, 0.25) is 0 Å². The van der Waals surface area contributed by atoms with Gasteiger partial charge in [0.15, 0.2) is 17.6 Å². The molecule has 0 aromatic heterocycles. The molecule has 8 heteroatoms. The van der Waals surface area contributed by atoms with Crippen molar-refractivity contribution in [1.82, 2.24) is 0 Å². The fourth-order valence-corrected chi connectivity index (χ4v) is 6.86. The molecule has 0 bridgehead atoms. The molecule has 3 aromatic carbocycles. The van der Waals surface area contributed by atoms with E-state index in [9.17, 15) is 10.0 Å². The smallest absolute Gasteiger partial charge is 0.311 e. The van der Waals surface area contributed by atoms with Gasteiger partial charge >= 0.3 is 5.97 Å². The molecule has 0 saturated heterocycles. The highest BCUT2D eigenvalue weighted by Crippen LogP contribution is 2.50. The highest BCUT2D eigenvalue weighted by molar-refractivity contribution is 5.76. The van der Waals surface area contributed by atoms with Crippen molar-refractivity contribution in [3.05, 3.63) is 101 Å². The molecule has 4 atom stereocenters.